The molecule has 1 aromatic carbocycles. The Kier molecular flexibility index (Phi) is 4.17. The van der Waals surface area contributed by atoms with Gasteiger partial charge >= 0.3 is 5.97 Å². The molecule has 3 nitrogen and oxygen atoms in total. The second kappa shape index (κ2) is 5.23. The van der Waals surface area contributed by atoms with Gasteiger partial charge in [0.15, 0.2) is 0 Å². The van der Waals surface area contributed by atoms with E-state index in [9.17, 15) is 13.6 Å². The Bertz CT molecular complexity index is 416. The highest BCUT2D eigenvalue weighted by atomic mass is 19.3. The largest absolute Gasteiger partial charge is 0.480 e. The monoisotopic (exact) mass is 244 g/mol. The standard InChI is InChI=1S/C12H14F2O3/c1-8-3-4-9(2)10(5-8)12(13,14)7-17-6-11(15)16/h3-5H,6-7H2,1-2H3,(H,15,16). The fraction of sp³-hybridized carbons (Fsp3) is 0.417. The van der Waals surface area contributed by atoms with Gasteiger partial charge in [0.1, 0.15) is 13.2 Å². The maximum absolute atomic E-state index is 13.7. The van der Waals surface area contributed by atoms with E-state index in [2.05, 4.69) is 4.74 Å². The Morgan fingerprint density at radius 2 is 2.06 bits per heavy atom. The number of carboxylic acid groups (broad SMARTS) is 1. The predicted octanol–water partition coefficient (Wildman–Crippen LogP) is 2.50. The first-order valence-corrected chi connectivity index (χ1v) is 5.08. The maximum Gasteiger partial charge on any atom is 0.329 e. The summed E-state index contributed by atoms with van der Waals surface area (Å²) >= 11 is 0. The van der Waals surface area contributed by atoms with E-state index in [1.165, 1.54) is 6.07 Å². The Morgan fingerprint density at radius 1 is 1.41 bits per heavy atom. The molecule has 0 fully saturated rings. The van der Waals surface area contributed by atoms with Crippen molar-refractivity contribution in [1.29, 1.82) is 0 Å². The fourth-order valence-corrected chi connectivity index (χ4v) is 1.47. The summed E-state index contributed by atoms with van der Waals surface area (Å²) in [5.74, 6) is -4.44. The smallest absolute Gasteiger partial charge is 0.329 e. The second-order valence-corrected chi connectivity index (χ2v) is 3.91. The van der Waals surface area contributed by atoms with Gasteiger partial charge in [-0.1, -0.05) is 17.7 Å². The molecule has 0 aliphatic carbocycles. The minimum atomic E-state index is -3.18. The number of aryl methyl sites for hydroxylation is 2. The van der Waals surface area contributed by atoms with Crippen molar-refractivity contribution in [3.8, 4) is 0 Å². The van der Waals surface area contributed by atoms with Crippen molar-refractivity contribution >= 4 is 5.97 Å². The number of aliphatic carboxylic acids is 1. The fourth-order valence-electron chi connectivity index (χ4n) is 1.47. The number of halogens is 2. The van der Waals surface area contributed by atoms with Crippen LogP contribution in [0.2, 0.25) is 0 Å². The van der Waals surface area contributed by atoms with Gasteiger partial charge in [0, 0.05) is 5.56 Å². The highest BCUT2D eigenvalue weighted by Crippen LogP contribution is 2.31. The average molecular weight is 244 g/mol. The first-order valence-electron chi connectivity index (χ1n) is 5.08. The number of carboxylic acids is 1. The lowest BCUT2D eigenvalue weighted by atomic mass is 10.0. The molecule has 0 aromatic heterocycles. The number of hydrogen-bond acceptors (Lipinski definition) is 2. The zero-order valence-corrected chi connectivity index (χ0v) is 9.67. The third kappa shape index (κ3) is 3.78. The number of ether oxygens (including phenoxy) is 1. The van der Waals surface area contributed by atoms with Crippen LogP contribution in [0.15, 0.2) is 18.2 Å². The van der Waals surface area contributed by atoms with E-state index in [1.54, 1.807) is 26.0 Å². The molecule has 17 heavy (non-hydrogen) atoms. The van der Waals surface area contributed by atoms with Crippen molar-refractivity contribution in [1.82, 2.24) is 0 Å². The summed E-state index contributed by atoms with van der Waals surface area (Å²) < 4.78 is 31.9. The van der Waals surface area contributed by atoms with Gasteiger partial charge < -0.3 is 9.84 Å². The van der Waals surface area contributed by atoms with E-state index >= 15 is 0 Å². The van der Waals surface area contributed by atoms with Crippen LogP contribution in [0, 0.1) is 13.8 Å². The van der Waals surface area contributed by atoms with Gasteiger partial charge in [-0.3, -0.25) is 0 Å². The van der Waals surface area contributed by atoms with Crippen molar-refractivity contribution in [3.63, 3.8) is 0 Å². The summed E-state index contributed by atoms with van der Waals surface area (Å²) in [6.45, 7) is 1.65. The molecule has 1 rings (SSSR count). The van der Waals surface area contributed by atoms with Crippen molar-refractivity contribution in [2.24, 2.45) is 0 Å². The van der Waals surface area contributed by atoms with Crippen LogP contribution in [0.5, 0.6) is 0 Å². The molecule has 0 bridgehead atoms. The second-order valence-electron chi connectivity index (χ2n) is 3.91. The zero-order chi connectivity index (χ0) is 13.1. The predicted molar refractivity (Wildman–Crippen MR) is 58.3 cm³/mol. The molecule has 5 heteroatoms. The van der Waals surface area contributed by atoms with Gasteiger partial charge in [0.05, 0.1) is 0 Å². The topological polar surface area (TPSA) is 46.5 Å². The molecule has 0 heterocycles. The first kappa shape index (κ1) is 13.6. The minimum Gasteiger partial charge on any atom is -0.480 e. The Morgan fingerprint density at radius 3 is 2.65 bits per heavy atom. The quantitative estimate of drug-likeness (QED) is 0.865. The SMILES string of the molecule is Cc1ccc(C)c(C(F)(F)COCC(=O)O)c1. The van der Waals surface area contributed by atoms with Crippen LogP contribution in [0.25, 0.3) is 0 Å². The third-order valence-corrected chi connectivity index (χ3v) is 2.30. The lowest BCUT2D eigenvalue weighted by molar-refractivity contribution is -0.147. The van der Waals surface area contributed by atoms with Crippen molar-refractivity contribution in [3.05, 3.63) is 34.9 Å². The summed E-state index contributed by atoms with van der Waals surface area (Å²) in [7, 11) is 0. The van der Waals surface area contributed by atoms with E-state index in [4.69, 9.17) is 5.11 Å². The average Bonchev–Trinajstić information content (AvgIpc) is 2.20. The lowest BCUT2D eigenvalue weighted by Gasteiger charge is -2.19. The van der Waals surface area contributed by atoms with Gasteiger partial charge in [0.25, 0.3) is 5.92 Å². The van der Waals surface area contributed by atoms with Crippen LogP contribution in [0.1, 0.15) is 16.7 Å². The summed E-state index contributed by atoms with van der Waals surface area (Å²) in [4.78, 5) is 10.2. The molecule has 0 saturated heterocycles. The minimum absolute atomic E-state index is 0.122. The molecule has 0 aliphatic heterocycles. The summed E-state index contributed by atoms with van der Waals surface area (Å²) in [5, 5.41) is 8.31. The summed E-state index contributed by atoms with van der Waals surface area (Å²) in [6.07, 6.45) is 0. The first-order chi connectivity index (χ1) is 7.83. The summed E-state index contributed by atoms with van der Waals surface area (Å²) in [6, 6.07) is 4.74. The van der Waals surface area contributed by atoms with Gasteiger partial charge in [-0.05, 0) is 25.5 Å². The van der Waals surface area contributed by atoms with E-state index in [0.717, 1.165) is 5.56 Å². The van der Waals surface area contributed by atoms with Crippen LogP contribution in [-0.4, -0.2) is 24.3 Å². The molecule has 0 saturated carbocycles. The normalized spacial score (nSPS) is 11.5. The maximum atomic E-state index is 13.7. The highest BCUT2D eigenvalue weighted by Gasteiger charge is 2.33. The van der Waals surface area contributed by atoms with Gasteiger partial charge in [-0.2, -0.15) is 8.78 Å². The van der Waals surface area contributed by atoms with E-state index in [0.29, 0.717) is 5.56 Å². The highest BCUT2D eigenvalue weighted by molar-refractivity contribution is 5.68. The molecule has 0 radical (unpaired) electrons. The molecular weight excluding hydrogens is 230 g/mol. The van der Waals surface area contributed by atoms with Gasteiger partial charge in [-0.15, -0.1) is 0 Å². The van der Waals surface area contributed by atoms with Gasteiger partial charge in [0.2, 0.25) is 0 Å². The molecule has 1 aromatic rings. The Labute approximate surface area is 98.0 Å². The van der Waals surface area contributed by atoms with Crippen molar-refractivity contribution < 1.29 is 23.4 Å². The van der Waals surface area contributed by atoms with Crippen LogP contribution in [0.4, 0.5) is 8.78 Å². The number of carbonyl (C=O) groups is 1. The van der Waals surface area contributed by atoms with Crippen LogP contribution in [-0.2, 0) is 15.5 Å². The van der Waals surface area contributed by atoms with Crippen LogP contribution < -0.4 is 0 Å². The zero-order valence-electron chi connectivity index (χ0n) is 9.67. The number of benzene rings is 1. The molecule has 0 atom stereocenters. The lowest BCUT2D eigenvalue weighted by Crippen LogP contribution is -2.24. The number of rotatable bonds is 5. The van der Waals surface area contributed by atoms with E-state index in [1.807, 2.05) is 0 Å². The molecule has 1 N–H and O–H groups in total. The summed E-state index contributed by atoms with van der Waals surface area (Å²) in [5.41, 5.74) is 1.06. The molecule has 94 valence electrons. The molecule has 0 amide bonds. The van der Waals surface area contributed by atoms with E-state index in [-0.39, 0.29) is 5.56 Å². The molecule has 0 unspecified atom stereocenters. The molecule has 0 spiro atoms. The number of hydrogen-bond donors (Lipinski definition) is 1. The Hall–Kier alpha value is -1.49. The molecular formula is C12H14F2O3. The van der Waals surface area contributed by atoms with Gasteiger partial charge in [-0.25, -0.2) is 4.79 Å². The van der Waals surface area contributed by atoms with Crippen LogP contribution in [0.3, 0.4) is 0 Å². The third-order valence-electron chi connectivity index (χ3n) is 2.30. The van der Waals surface area contributed by atoms with Crippen LogP contribution >= 0.6 is 0 Å². The number of alkyl halides is 2. The molecule has 0 aliphatic rings. The van der Waals surface area contributed by atoms with E-state index < -0.39 is 25.1 Å². The Balaban J connectivity index is 2.81. The van der Waals surface area contributed by atoms with Crippen molar-refractivity contribution in [2.75, 3.05) is 13.2 Å². The van der Waals surface area contributed by atoms with Crippen molar-refractivity contribution in [2.45, 2.75) is 19.8 Å².